The van der Waals surface area contributed by atoms with Crippen molar-refractivity contribution in [2.45, 2.75) is 77.4 Å². The van der Waals surface area contributed by atoms with E-state index in [2.05, 4.69) is 5.32 Å². The molecular formula is C21H32BNO3. The van der Waals surface area contributed by atoms with Crippen molar-refractivity contribution in [2.75, 3.05) is 6.54 Å². The van der Waals surface area contributed by atoms with Gasteiger partial charge in [-0.3, -0.25) is 4.79 Å². The molecule has 5 heteroatoms. The number of carbonyl (C=O) groups is 1. The minimum Gasteiger partial charge on any atom is -0.399 e. The second-order valence-electron chi connectivity index (χ2n) is 8.76. The average Bonchev–Trinajstić information content (AvgIpc) is 2.84. The Labute approximate surface area is 158 Å². The topological polar surface area (TPSA) is 47.6 Å². The molecule has 1 aliphatic heterocycles. The fraction of sp³-hybridized carbons (Fsp3) is 0.667. The molecule has 1 aromatic rings. The standard InChI is InChI=1S/C21H32BNO3/c1-20(2)21(3,4)26-22(25-20)18-12-8-11-17(15-18)19(24)23-14-13-16-9-6-5-7-10-16/h8,11-12,15-16H,5-7,9-10,13-14H2,1-4H3,(H,23,24). The van der Waals surface area contributed by atoms with Gasteiger partial charge in [0.05, 0.1) is 11.2 Å². The van der Waals surface area contributed by atoms with Crippen LogP contribution in [0, 0.1) is 5.92 Å². The summed E-state index contributed by atoms with van der Waals surface area (Å²) in [5.41, 5.74) is 0.802. The molecule has 1 heterocycles. The van der Waals surface area contributed by atoms with Crippen LogP contribution >= 0.6 is 0 Å². The fourth-order valence-corrected chi connectivity index (χ4v) is 3.77. The molecule has 142 valence electrons. The third-order valence-electron chi connectivity index (χ3n) is 6.24. The molecule has 1 aromatic carbocycles. The number of hydrogen-bond donors (Lipinski definition) is 1. The van der Waals surface area contributed by atoms with Crippen LogP contribution in [0.2, 0.25) is 0 Å². The Morgan fingerprint density at radius 2 is 1.77 bits per heavy atom. The number of carbonyl (C=O) groups excluding carboxylic acids is 1. The number of benzene rings is 1. The van der Waals surface area contributed by atoms with E-state index in [1.165, 1.54) is 32.1 Å². The van der Waals surface area contributed by atoms with Gasteiger partial charge in [0.1, 0.15) is 0 Å². The van der Waals surface area contributed by atoms with Crippen molar-refractivity contribution in [1.29, 1.82) is 0 Å². The Morgan fingerprint density at radius 1 is 1.12 bits per heavy atom. The zero-order chi connectivity index (χ0) is 18.8. The predicted molar refractivity (Wildman–Crippen MR) is 106 cm³/mol. The van der Waals surface area contributed by atoms with Crippen LogP contribution in [0.3, 0.4) is 0 Å². The molecule has 1 N–H and O–H groups in total. The van der Waals surface area contributed by atoms with E-state index in [0.717, 1.165) is 24.3 Å². The van der Waals surface area contributed by atoms with E-state index in [1.807, 2.05) is 52.0 Å². The summed E-state index contributed by atoms with van der Waals surface area (Å²) in [6, 6.07) is 7.60. The van der Waals surface area contributed by atoms with Gasteiger partial charge in [-0.2, -0.15) is 0 Å². The highest BCUT2D eigenvalue weighted by atomic mass is 16.7. The normalized spacial score (nSPS) is 22.4. The van der Waals surface area contributed by atoms with E-state index in [4.69, 9.17) is 9.31 Å². The minimum atomic E-state index is -0.435. The van der Waals surface area contributed by atoms with Crippen LogP contribution < -0.4 is 10.8 Å². The molecule has 2 fully saturated rings. The molecule has 4 nitrogen and oxygen atoms in total. The molecule has 0 bridgehead atoms. The lowest BCUT2D eigenvalue weighted by Gasteiger charge is -2.32. The first-order valence-corrected chi connectivity index (χ1v) is 10.0. The van der Waals surface area contributed by atoms with E-state index in [-0.39, 0.29) is 17.1 Å². The van der Waals surface area contributed by atoms with Gasteiger partial charge in [0.15, 0.2) is 0 Å². The molecule has 1 saturated heterocycles. The van der Waals surface area contributed by atoms with E-state index in [1.54, 1.807) is 0 Å². The number of amides is 1. The molecule has 0 aromatic heterocycles. The Balaban J connectivity index is 1.57. The maximum atomic E-state index is 12.5. The number of nitrogens with one attached hydrogen (secondary N) is 1. The maximum Gasteiger partial charge on any atom is 0.494 e. The third kappa shape index (κ3) is 4.32. The van der Waals surface area contributed by atoms with Gasteiger partial charge in [-0.05, 0) is 57.6 Å². The van der Waals surface area contributed by atoms with E-state index >= 15 is 0 Å². The fourth-order valence-electron chi connectivity index (χ4n) is 3.77. The summed E-state index contributed by atoms with van der Waals surface area (Å²) < 4.78 is 12.2. The highest BCUT2D eigenvalue weighted by Crippen LogP contribution is 2.36. The van der Waals surface area contributed by atoms with Gasteiger partial charge in [-0.15, -0.1) is 0 Å². The van der Waals surface area contributed by atoms with Crippen LogP contribution in [0.4, 0.5) is 0 Å². The van der Waals surface area contributed by atoms with Crippen LogP contribution in [0.25, 0.3) is 0 Å². The summed E-state index contributed by atoms with van der Waals surface area (Å²) >= 11 is 0. The van der Waals surface area contributed by atoms with Crippen molar-refractivity contribution < 1.29 is 14.1 Å². The second kappa shape index (κ2) is 7.73. The van der Waals surface area contributed by atoms with Crippen molar-refractivity contribution in [1.82, 2.24) is 5.32 Å². The van der Waals surface area contributed by atoms with Crippen LogP contribution in [-0.4, -0.2) is 30.8 Å². The van der Waals surface area contributed by atoms with Gasteiger partial charge >= 0.3 is 7.12 Å². The minimum absolute atomic E-state index is 0.0147. The summed E-state index contributed by atoms with van der Waals surface area (Å²) in [5.74, 6) is 0.763. The zero-order valence-corrected chi connectivity index (χ0v) is 16.6. The largest absolute Gasteiger partial charge is 0.494 e. The summed E-state index contributed by atoms with van der Waals surface area (Å²) in [6.07, 6.45) is 7.77. The summed E-state index contributed by atoms with van der Waals surface area (Å²) in [7, 11) is -0.435. The SMILES string of the molecule is CC1(C)OB(c2cccc(C(=O)NCCC3CCCCC3)c2)OC1(C)C. The Bertz CT molecular complexity index is 622. The molecule has 26 heavy (non-hydrogen) atoms. The highest BCUT2D eigenvalue weighted by Gasteiger charge is 2.51. The van der Waals surface area contributed by atoms with E-state index in [0.29, 0.717) is 5.56 Å². The van der Waals surface area contributed by atoms with Crippen molar-refractivity contribution in [3.63, 3.8) is 0 Å². The van der Waals surface area contributed by atoms with Crippen molar-refractivity contribution in [2.24, 2.45) is 5.92 Å². The first kappa shape index (κ1) is 19.4. The van der Waals surface area contributed by atoms with E-state index in [9.17, 15) is 4.79 Å². The van der Waals surface area contributed by atoms with Crippen molar-refractivity contribution in [3.05, 3.63) is 29.8 Å². The lowest BCUT2D eigenvalue weighted by molar-refractivity contribution is 0.00578. The molecule has 0 spiro atoms. The Morgan fingerprint density at radius 3 is 2.42 bits per heavy atom. The lowest BCUT2D eigenvalue weighted by atomic mass is 9.78. The number of hydrogen-bond acceptors (Lipinski definition) is 3. The predicted octanol–water partition coefficient (Wildman–Crippen LogP) is 3.69. The Hall–Kier alpha value is -1.33. The quantitative estimate of drug-likeness (QED) is 0.818. The molecule has 2 aliphatic rings. The monoisotopic (exact) mass is 357 g/mol. The van der Waals surface area contributed by atoms with Crippen LogP contribution in [0.1, 0.15) is 76.6 Å². The molecule has 0 atom stereocenters. The molecular weight excluding hydrogens is 325 g/mol. The molecule has 1 aliphatic carbocycles. The van der Waals surface area contributed by atoms with Crippen molar-refractivity contribution >= 4 is 18.5 Å². The molecule has 1 saturated carbocycles. The molecule has 0 unspecified atom stereocenters. The van der Waals surface area contributed by atoms with Crippen LogP contribution in [0.5, 0.6) is 0 Å². The van der Waals surface area contributed by atoms with Gasteiger partial charge in [0.25, 0.3) is 5.91 Å². The van der Waals surface area contributed by atoms with Gasteiger partial charge in [0, 0.05) is 12.1 Å². The number of rotatable bonds is 5. The average molecular weight is 357 g/mol. The summed E-state index contributed by atoms with van der Waals surface area (Å²) in [6.45, 7) is 8.90. The smallest absolute Gasteiger partial charge is 0.399 e. The van der Waals surface area contributed by atoms with Gasteiger partial charge in [-0.1, -0.05) is 44.2 Å². The van der Waals surface area contributed by atoms with Gasteiger partial charge in [0.2, 0.25) is 0 Å². The summed E-state index contributed by atoms with van der Waals surface area (Å²) in [4.78, 5) is 12.5. The molecule has 1 amide bonds. The summed E-state index contributed by atoms with van der Waals surface area (Å²) in [5, 5.41) is 3.08. The Kier molecular flexibility index (Phi) is 5.78. The van der Waals surface area contributed by atoms with Gasteiger partial charge in [-0.25, -0.2) is 0 Å². The first-order valence-electron chi connectivity index (χ1n) is 10.0. The van der Waals surface area contributed by atoms with Crippen LogP contribution in [0.15, 0.2) is 24.3 Å². The first-order chi connectivity index (χ1) is 12.3. The highest BCUT2D eigenvalue weighted by molar-refractivity contribution is 6.62. The maximum absolute atomic E-state index is 12.5. The third-order valence-corrected chi connectivity index (χ3v) is 6.24. The molecule has 0 radical (unpaired) electrons. The second-order valence-corrected chi connectivity index (χ2v) is 8.76. The zero-order valence-electron chi connectivity index (χ0n) is 16.6. The van der Waals surface area contributed by atoms with Gasteiger partial charge < -0.3 is 14.6 Å². The van der Waals surface area contributed by atoms with Crippen molar-refractivity contribution in [3.8, 4) is 0 Å². The molecule has 3 rings (SSSR count). The lowest BCUT2D eigenvalue weighted by Crippen LogP contribution is -2.41. The van der Waals surface area contributed by atoms with E-state index < -0.39 is 7.12 Å². The van der Waals surface area contributed by atoms with Crippen LogP contribution in [-0.2, 0) is 9.31 Å².